The molecule has 17 heavy (non-hydrogen) atoms. The molecule has 0 aliphatic carbocycles. The molecule has 0 saturated heterocycles. The van der Waals surface area contributed by atoms with E-state index in [4.69, 9.17) is 0 Å². The Bertz CT molecular complexity index is 527. The van der Waals surface area contributed by atoms with Gasteiger partial charge < -0.3 is 5.11 Å². The minimum atomic E-state index is -0.855. The predicted molar refractivity (Wildman–Crippen MR) is 70.8 cm³/mol. The van der Waals surface area contributed by atoms with Gasteiger partial charge in [0.25, 0.3) is 0 Å². The maximum Gasteiger partial charge on any atom is 0.335 e. The quantitative estimate of drug-likeness (QED) is 0.879. The number of aromatic carboxylic acids is 1. The fourth-order valence-corrected chi connectivity index (χ4v) is 2.56. The van der Waals surface area contributed by atoms with Crippen LogP contribution in [0.25, 0.3) is 10.4 Å². The van der Waals surface area contributed by atoms with Crippen LogP contribution < -0.4 is 0 Å². The molecule has 1 aromatic heterocycles. The Morgan fingerprint density at radius 3 is 2.59 bits per heavy atom. The van der Waals surface area contributed by atoms with E-state index in [0.717, 1.165) is 16.0 Å². The van der Waals surface area contributed by atoms with Crippen molar-refractivity contribution < 1.29 is 9.90 Å². The van der Waals surface area contributed by atoms with E-state index < -0.39 is 5.97 Å². The van der Waals surface area contributed by atoms with Crippen LogP contribution >= 0.6 is 11.3 Å². The second-order valence-electron chi connectivity index (χ2n) is 4.24. The van der Waals surface area contributed by atoms with Gasteiger partial charge in [0, 0.05) is 4.88 Å². The Labute approximate surface area is 105 Å². The van der Waals surface area contributed by atoms with Gasteiger partial charge in [-0.3, -0.25) is 0 Å². The van der Waals surface area contributed by atoms with Crippen molar-refractivity contribution in [1.82, 2.24) is 0 Å². The summed E-state index contributed by atoms with van der Waals surface area (Å²) in [6, 6.07) is 9.65. The van der Waals surface area contributed by atoms with Crippen LogP contribution in [0.2, 0.25) is 0 Å². The number of hydrogen-bond acceptors (Lipinski definition) is 2. The summed E-state index contributed by atoms with van der Waals surface area (Å²) < 4.78 is 0. The number of carboxylic acids is 1. The molecule has 0 amide bonds. The van der Waals surface area contributed by atoms with Crippen LogP contribution in [0.4, 0.5) is 0 Å². The van der Waals surface area contributed by atoms with Gasteiger partial charge in [-0.15, -0.1) is 11.3 Å². The van der Waals surface area contributed by atoms with Crippen molar-refractivity contribution in [2.75, 3.05) is 0 Å². The molecule has 0 unspecified atom stereocenters. The minimum Gasteiger partial charge on any atom is -0.478 e. The van der Waals surface area contributed by atoms with Gasteiger partial charge >= 0.3 is 5.97 Å². The van der Waals surface area contributed by atoms with E-state index >= 15 is 0 Å². The summed E-state index contributed by atoms with van der Waals surface area (Å²) in [7, 11) is 0. The van der Waals surface area contributed by atoms with Gasteiger partial charge in [0.05, 0.1) is 5.56 Å². The first kappa shape index (κ1) is 11.9. The first-order valence-electron chi connectivity index (χ1n) is 5.50. The van der Waals surface area contributed by atoms with E-state index in [2.05, 4.69) is 0 Å². The Morgan fingerprint density at radius 2 is 2.06 bits per heavy atom. The van der Waals surface area contributed by atoms with E-state index in [0.29, 0.717) is 5.56 Å². The fourth-order valence-electron chi connectivity index (χ4n) is 1.84. The summed E-state index contributed by atoms with van der Waals surface area (Å²) in [5, 5.41) is 11.2. The molecule has 0 saturated carbocycles. The van der Waals surface area contributed by atoms with Crippen LogP contribution in [-0.2, 0) is 0 Å². The third kappa shape index (κ3) is 2.39. The van der Waals surface area contributed by atoms with E-state index in [9.17, 15) is 9.90 Å². The van der Waals surface area contributed by atoms with Crippen LogP contribution in [-0.4, -0.2) is 11.1 Å². The van der Waals surface area contributed by atoms with Crippen LogP contribution in [0, 0.1) is 0 Å². The van der Waals surface area contributed by atoms with Gasteiger partial charge in [-0.05, 0) is 34.6 Å². The normalized spacial score (nSPS) is 10.8. The average molecular weight is 246 g/mol. The van der Waals surface area contributed by atoms with Gasteiger partial charge in [0.2, 0.25) is 0 Å². The van der Waals surface area contributed by atoms with Crippen molar-refractivity contribution in [3.63, 3.8) is 0 Å². The summed E-state index contributed by atoms with van der Waals surface area (Å²) in [5.74, 6) is -0.634. The van der Waals surface area contributed by atoms with Crippen molar-refractivity contribution in [2.45, 2.75) is 19.8 Å². The number of carboxylic acid groups (broad SMARTS) is 1. The number of hydrogen-bond donors (Lipinski definition) is 1. The van der Waals surface area contributed by atoms with Crippen molar-refractivity contribution in [3.05, 3.63) is 46.8 Å². The molecule has 0 atom stereocenters. The zero-order valence-corrected chi connectivity index (χ0v) is 10.6. The second-order valence-corrected chi connectivity index (χ2v) is 5.19. The molecule has 0 spiro atoms. The molecule has 88 valence electrons. The number of rotatable bonds is 3. The first-order valence-corrected chi connectivity index (χ1v) is 6.38. The SMILES string of the molecule is CC(C)c1ccc(-c2cccs2)cc1C(=O)O. The third-order valence-electron chi connectivity index (χ3n) is 2.71. The van der Waals surface area contributed by atoms with Crippen molar-refractivity contribution in [2.24, 2.45) is 0 Å². The largest absolute Gasteiger partial charge is 0.478 e. The van der Waals surface area contributed by atoms with E-state index in [1.165, 1.54) is 0 Å². The molecule has 0 bridgehead atoms. The molecule has 3 heteroatoms. The highest BCUT2D eigenvalue weighted by atomic mass is 32.1. The fraction of sp³-hybridized carbons (Fsp3) is 0.214. The summed E-state index contributed by atoms with van der Waals surface area (Å²) in [6.07, 6.45) is 0. The van der Waals surface area contributed by atoms with Crippen LogP contribution in [0.3, 0.4) is 0 Å². The smallest absolute Gasteiger partial charge is 0.335 e. The average Bonchev–Trinajstić information content (AvgIpc) is 2.81. The van der Waals surface area contributed by atoms with Crippen LogP contribution in [0.5, 0.6) is 0 Å². The molecule has 2 aromatic rings. The van der Waals surface area contributed by atoms with Gasteiger partial charge in [-0.2, -0.15) is 0 Å². The standard InChI is InChI=1S/C14H14O2S/c1-9(2)11-6-5-10(8-12(11)14(15)16)13-4-3-7-17-13/h3-9H,1-2H3,(H,15,16). The van der Waals surface area contributed by atoms with Crippen LogP contribution in [0.15, 0.2) is 35.7 Å². The lowest BCUT2D eigenvalue weighted by Crippen LogP contribution is -2.04. The monoisotopic (exact) mass is 246 g/mol. The van der Waals surface area contributed by atoms with Crippen LogP contribution in [0.1, 0.15) is 35.7 Å². The summed E-state index contributed by atoms with van der Waals surface area (Å²) in [6.45, 7) is 4.01. The Balaban J connectivity index is 2.53. The Hall–Kier alpha value is -1.61. The van der Waals surface area contributed by atoms with Gasteiger partial charge in [-0.1, -0.05) is 32.0 Å². The molecular weight excluding hydrogens is 232 g/mol. The maximum atomic E-state index is 11.3. The molecule has 0 aliphatic rings. The lowest BCUT2D eigenvalue weighted by molar-refractivity contribution is 0.0695. The third-order valence-corrected chi connectivity index (χ3v) is 3.63. The number of benzene rings is 1. The van der Waals surface area contributed by atoms with E-state index in [1.54, 1.807) is 17.4 Å². The first-order chi connectivity index (χ1) is 8.09. The predicted octanol–water partition coefficient (Wildman–Crippen LogP) is 4.24. The number of thiophene rings is 1. The lowest BCUT2D eigenvalue weighted by atomic mass is 9.95. The van der Waals surface area contributed by atoms with Crippen molar-refractivity contribution in [3.8, 4) is 10.4 Å². The highest BCUT2D eigenvalue weighted by Gasteiger charge is 2.14. The zero-order chi connectivity index (χ0) is 12.4. The Kier molecular flexibility index (Phi) is 3.29. The molecule has 2 rings (SSSR count). The van der Waals surface area contributed by atoms with Crippen molar-refractivity contribution in [1.29, 1.82) is 0 Å². The summed E-state index contributed by atoms with van der Waals surface area (Å²) in [5.41, 5.74) is 2.27. The topological polar surface area (TPSA) is 37.3 Å². The van der Waals surface area contributed by atoms with E-state index in [-0.39, 0.29) is 5.92 Å². The van der Waals surface area contributed by atoms with Gasteiger partial charge in [0.15, 0.2) is 0 Å². The maximum absolute atomic E-state index is 11.3. The molecule has 1 N–H and O–H groups in total. The molecule has 2 nitrogen and oxygen atoms in total. The molecule has 0 radical (unpaired) electrons. The van der Waals surface area contributed by atoms with Gasteiger partial charge in [-0.25, -0.2) is 4.79 Å². The molecule has 1 aromatic carbocycles. The minimum absolute atomic E-state index is 0.221. The highest BCUT2D eigenvalue weighted by molar-refractivity contribution is 7.13. The number of carbonyl (C=O) groups is 1. The molecular formula is C14H14O2S. The van der Waals surface area contributed by atoms with Crippen molar-refractivity contribution >= 4 is 17.3 Å². The molecule has 1 heterocycles. The Morgan fingerprint density at radius 1 is 1.29 bits per heavy atom. The molecule has 0 aliphatic heterocycles. The molecule has 0 fully saturated rings. The lowest BCUT2D eigenvalue weighted by Gasteiger charge is -2.11. The zero-order valence-electron chi connectivity index (χ0n) is 9.81. The highest BCUT2D eigenvalue weighted by Crippen LogP contribution is 2.29. The van der Waals surface area contributed by atoms with Gasteiger partial charge in [0.1, 0.15) is 0 Å². The van der Waals surface area contributed by atoms with E-state index in [1.807, 2.05) is 43.5 Å². The summed E-state index contributed by atoms with van der Waals surface area (Å²) >= 11 is 1.62. The summed E-state index contributed by atoms with van der Waals surface area (Å²) in [4.78, 5) is 12.4. The second kappa shape index (κ2) is 4.72.